The summed E-state index contributed by atoms with van der Waals surface area (Å²) in [4.78, 5) is 24.4. The monoisotopic (exact) mass is 362 g/mol. The van der Waals surface area contributed by atoms with Gasteiger partial charge >= 0.3 is 12.4 Å². The Kier molecular flexibility index (Phi) is 5.01. The van der Waals surface area contributed by atoms with Crippen LogP contribution in [0.4, 0.5) is 8.78 Å². The molecule has 0 aliphatic heterocycles. The van der Waals surface area contributed by atoms with Crippen LogP contribution in [0.3, 0.4) is 0 Å². The fraction of sp³-hybridized carbons (Fsp3) is 0.222. The Morgan fingerprint density at radius 2 is 1.88 bits per heavy atom. The zero-order valence-electron chi connectivity index (χ0n) is 13.8. The van der Waals surface area contributed by atoms with Crippen LogP contribution in [0.5, 0.6) is 5.75 Å². The number of hydrogen-bond donors (Lipinski definition) is 1. The number of carbonyl (C=O) groups excluding carboxylic acids is 1. The van der Waals surface area contributed by atoms with Gasteiger partial charge in [-0.15, -0.1) is 0 Å². The molecule has 0 saturated carbocycles. The summed E-state index contributed by atoms with van der Waals surface area (Å²) in [5.41, 5.74) is 1.65. The summed E-state index contributed by atoms with van der Waals surface area (Å²) in [6.45, 7) is -1.11. The highest BCUT2D eigenvalue weighted by atomic mass is 19.3. The SMILES string of the molecule is CC(C(=O)NCc1ccc(OC(F)F)cc1)n1c(=O)oc2ccccc21. The lowest BCUT2D eigenvalue weighted by molar-refractivity contribution is -0.124. The third kappa shape index (κ3) is 3.74. The van der Waals surface area contributed by atoms with E-state index in [9.17, 15) is 18.4 Å². The maximum absolute atomic E-state index is 12.4. The zero-order valence-corrected chi connectivity index (χ0v) is 13.8. The standard InChI is InChI=1S/C18H16F2N2O4/c1-11(22-14-4-2-3-5-15(14)26-18(22)24)16(23)21-10-12-6-8-13(9-7-12)25-17(19)20/h2-9,11,17H,10H2,1H3,(H,21,23). The van der Waals surface area contributed by atoms with E-state index in [1.54, 1.807) is 43.3 Å². The molecule has 1 atom stereocenters. The molecule has 1 amide bonds. The van der Waals surface area contributed by atoms with Gasteiger partial charge in [0, 0.05) is 6.54 Å². The van der Waals surface area contributed by atoms with E-state index in [0.717, 1.165) is 0 Å². The van der Waals surface area contributed by atoms with Crippen LogP contribution < -0.4 is 15.8 Å². The average molecular weight is 362 g/mol. The Labute approximate surface area is 147 Å². The third-order valence-corrected chi connectivity index (χ3v) is 3.90. The van der Waals surface area contributed by atoms with Crippen molar-refractivity contribution in [1.29, 1.82) is 0 Å². The molecule has 1 heterocycles. The van der Waals surface area contributed by atoms with Gasteiger partial charge in [0.2, 0.25) is 5.91 Å². The summed E-state index contributed by atoms with van der Waals surface area (Å²) in [5, 5.41) is 2.71. The van der Waals surface area contributed by atoms with E-state index in [2.05, 4.69) is 10.1 Å². The Morgan fingerprint density at radius 3 is 2.58 bits per heavy atom. The molecule has 3 rings (SSSR count). The summed E-state index contributed by atoms with van der Waals surface area (Å²) >= 11 is 0. The van der Waals surface area contributed by atoms with Gasteiger partial charge in [-0.1, -0.05) is 24.3 Å². The minimum Gasteiger partial charge on any atom is -0.435 e. The van der Waals surface area contributed by atoms with Crippen molar-refractivity contribution < 1.29 is 22.7 Å². The van der Waals surface area contributed by atoms with Gasteiger partial charge in [0.15, 0.2) is 5.58 Å². The molecule has 26 heavy (non-hydrogen) atoms. The molecule has 0 aliphatic rings. The molecule has 0 fully saturated rings. The highest BCUT2D eigenvalue weighted by Gasteiger charge is 2.20. The number of aromatic nitrogens is 1. The van der Waals surface area contributed by atoms with Crippen molar-refractivity contribution in [3.05, 3.63) is 64.6 Å². The van der Waals surface area contributed by atoms with Crippen LogP contribution in [0.15, 0.2) is 57.7 Å². The number of para-hydroxylation sites is 2. The van der Waals surface area contributed by atoms with Gasteiger partial charge in [0.25, 0.3) is 0 Å². The number of alkyl halides is 2. The van der Waals surface area contributed by atoms with Gasteiger partial charge in [0.1, 0.15) is 11.8 Å². The van der Waals surface area contributed by atoms with Crippen LogP contribution in [-0.4, -0.2) is 17.1 Å². The quantitative estimate of drug-likeness (QED) is 0.731. The molecule has 0 bridgehead atoms. The highest BCUT2D eigenvalue weighted by molar-refractivity contribution is 5.82. The topological polar surface area (TPSA) is 73.5 Å². The molecule has 136 valence electrons. The van der Waals surface area contributed by atoms with Gasteiger partial charge in [0.05, 0.1) is 5.52 Å². The molecule has 3 aromatic rings. The zero-order chi connectivity index (χ0) is 18.7. The number of amides is 1. The first kappa shape index (κ1) is 17.7. The number of oxazole rings is 1. The second-order valence-corrected chi connectivity index (χ2v) is 5.62. The molecule has 0 aliphatic carbocycles. The smallest absolute Gasteiger partial charge is 0.420 e. The maximum Gasteiger partial charge on any atom is 0.420 e. The second kappa shape index (κ2) is 7.38. The fourth-order valence-electron chi connectivity index (χ4n) is 2.59. The largest absolute Gasteiger partial charge is 0.435 e. The highest BCUT2D eigenvalue weighted by Crippen LogP contribution is 2.17. The number of benzene rings is 2. The van der Waals surface area contributed by atoms with E-state index in [-0.39, 0.29) is 18.2 Å². The minimum absolute atomic E-state index is 0.0415. The minimum atomic E-state index is -2.88. The van der Waals surface area contributed by atoms with Gasteiger partial charge in [-0.25, -0.2) is 4.79 Å². The molecule has 6 nitrogen and oxygen atoms in total. The van der Waals surface area contributed by atoms with Gasteiger partial charge in [-0.05, 0) is 36.8 Å². The van der Waals surface area contributed by atoms with Crippen molar-refractivity contribution >= 4 is 17.0 Å². The Hall–Kier alpha value is -3.16. The Morgan fingerprint density at radius 1 is 1.19 bits per heavy atom. The first-order valence-corrected chi connectivity index (χ1v) is 7.87. The average Bonchev–Trinajstić information content (AvgIpc) is 2.95. The number of nitrogens with zero attached hydrogens (tertiary/aromatic N) is 1. The second-order valence-electron chi connectivity index (χ2n) is 5.62. The fourth-order valence-corrected chi connectivity index (χ4v) is 2.59. The maximum atomic E-state index is 12.4. The lowest BCUT2D eigenvalue weighted by atomic mass is 10.2. The summed E-state index contributed by atoms with van der Waals surface area (Å²) in [6, 6.07) is 12.0. The summed E-state index contributed by atoms with van der Waals surface area (Å²) in [5.74, 6) is -0.936. The first-order valence-electron chi connectivity index (χ1n) is 7.87. The molecular formula is C18H16F2N2O4. The van der Waals surface area contributed by atoms with Crippen LogP contribution in [0.25, 0.3) is 11.1 Å². The van der Waals surface area contributed by atoms with Crippen molar-refractivity contribution in [1.82, 2.24) is 9.88 Å². The van der Waals surface area contributed by atoms with Crippen molar-refractivity contribution in [2.75, 3.05) is 0 Å². The molecular weight excluding hydrogens is 346 g/mol. The number of nitrogens with one attached hydrogen (secondary N) is 1. The number of rotatable bonds is 6. The number of hydrogen-bond acceptors (Lipinski definition) is 4. The lowest BCUT2D eigenvalue weighted by Crippen LogP contribution is -2.34. The van der Waals surface area contributed by atoms with Crippen molar-refractivity contribution in [3.8, 4) is 5.75 Å². The van der Waals surface area contributed by atoms with Crippen LogP contribution >= 0.6 is 0 Å². The van der Waals surface area contributed by atoms with Crippen molar-refractivity contribution in [2.45, 2.75) is 26.1 Å². The first-order chi connectivity index (χ1) is 12.5. The van der Waals surface area contributed by atoms with Crippen LogP contribution in [0, 0.1) is 0 Å². The molecule has 1 N–H and O–H groups in total. The van der Waals surface area contributed by atoms with Crippen LogP contribution in [0.1, 0.15) is 18.5 Å². The van der Waals surface area contributed by atoms with Crippen molar-refractivity contribution in [2.24, 2.45) is 0 Å². The van der Waals surface area contributed by atoms with E-state index in [1.165, 1.54) is 16.7 Å². The third-order valence-electron chi connectivity index (χ3n) is 3.90. The van der Waals surface area contributed by atoms with Gasteiger partial charge in [-0.3, -0.25) is 9.36 Å². The molecule has 2 aromatic carbocycles. The van der Waals surface area contributed by atoms with Crippen molar-refractivity contribution in [3.63, 3.8) is 0 Å². The molecule has 1 unspecified atom stereocenters. The number of ether oxygens (including phenoxy) is 1. The van der Waals surface area contributed by atoms with E-state index in [0.29, 0.717) is 16.7 Å². The molecule has 0 saturated heterocycles. The molecule has 0 spiro atoms. The van der Waals surface area contributed by atoms with E-state index < -0.39 is 18.4 Å². The van der Waals surface area contributed by atoms with Crippen LogP contribution in [-0.2, 0) is 11.3 Å². The van der Waals surface area contributed by atoms with Gasteiger partial charge in [-0.2, -0.15) is 8.78 Å². The Balaban J connectivity index is 1.68. The Bertz CT molecular complexity index is 963. The summed E-state index contributed by atoms with van der Waals surface area (Å²) in [7, 11) is 0. The van der Waals surface area contributed by atoms with E-state index in [4.69, 9.17) is 4.42 Å². The van der Waals surface area contributed by atoms with E-state index in [1.807, 2.05) is 0 Å². The molecule has 1 aromatic heterocycles. The number of halogens is 2. The lowest BCUT2D eigenvalue weighted by Gasteiger charge is -2.13. The predicted molar refractivity (Wildman–Crippen MR) is 90.1 cm³/mol. The summed E-state index contributed by atoms with van der Waals surface area (Å²) < 4.78 is 34.9. The summed E-state index contributed by atoms with van der Waals surface area (Å²) in [6.07, 6.45) is 0. The number of carbonyl (C=O) groups is 1. The number of fused-ring (bicyclic) bond motifs is 1. The van der Waals surface area contributed by atoms with Gasteiger partial charge < -0.3 is 14.5 Å². The molecule has 8 heteroatoms. The normalized spacial score (nSPS) is 12.3. The van der Waals surface area contributed by atoms with Crippen LogP contribution in [0.2, 0.25) is 0 Å². The predicted octanol–water partition coefficient (Wildman–Crippen LogP) is 3.07. The molecule has 0 radical (unpaired) electrons. The van der Waals surface area contributed by atoms with E-state index >= 15 is 0 Å².